The third-order valence-corrected chi connectivity index (χ3v) is 5.83. The Bertz CT molecular complexity index is 691. The maximum atomic E-state index is 11.4. The van der Waals surface area contributed by atoms with Gasteiger partial charge in [-0.25, -0.2) is 0 Å². The Labute approximate surface area is 198 Å². The molecule has 0 spiro atoms. The molecule has 4 atom stereocenters. The summed E-state index contributed by atoms with van der Waals surface area (Å²) in [6, 6.07) is 0. The summed E-state index contributed by atoms with van der Waals surface area (Å²) >= 11 is 0. The predicted molar refractivity (Wildman–Crippen MR) is 117 cm³/mol. The van der Waals surface area contributed by atoms with Gasteiger partial charge in [0.25, 0.3) is 0 Å². The second kappa shape index (κ2) is 17.6. The largest absolute Gasteiger partial charge is 0.462 e. The molecule has 0 bridgehead atoms. The molecule has 0 rings (SSSR count). The summed E-state index contributed by atoms with van der Waals surface area (Å²) in [4.78, 5) is 42.8. The van der Waals surface area contributed by atoms with Gasteiger partial charge in [0.05, 0.1) is 13.2 Å². The Hall–Kier alpha value is -1.82. The molecular weight excluding hydrogens is 502 g/mol. The fraction of sp³-hybridized carbons (Fsp3) is 0.778. The molecule has 4 unspecified atom stereocenters. The number of carbonyl (C=O) groups excluding carboxylic acids is 4. The fourth-order valence-corrected chi connectivity index (χ4v) is 2.75. The van der Waals surface area contributed by atoms with Crippen molar-refractivity contribution in [3.05, 3.63) is 0 Å². The average molecular weight is 536 g/mol. The summed E-state index contributed by atoms with van der Waals surface area (Å²) in [6.07, 6.45) is -1.61. The second-order valence-electron chi connectivity index (χ2n) is 6.57. The van der Waals surface area contributed by atoms with Crippen molar-refractivity contribution in [2.75, 3.05) is 54.0 Å². The van der Waals surface area contributed by atoms with E-state index in [1.165, 1.54) is 55.2 Å². The summed E-state index contributed by atoms with van der Waals surface area (Å²) < 4.78 is 60.9. The number of esters is 4. The Morgan fingerprint density at radius 2 is 0.882 bits per heavy atom. The molecule has 0 aromatic rings. The van der Waals surface area contributed by atoms with Gasteiger partial charge in [0.2, 0.25) is 0 Å². The van der Waals surface area contributed by atoms with E-state index < -0.39 is 51.3 Å². The van der Waals surface area contributed by atoms with Gasteiger partial charge >= 0.3 is 39.1 Å². The molecule has 0 amide bonds. The smallest absolute Gasteiger partial charge is 0.327 e. The lowest BCUT2D eigenvalue weighted by atomic mass is 10.4. The van der Waals surface area contributed by atoms with Crippen molar-refractivity contribution in [1.29, 1.82) is 0 Å². The molecule has 0 N–H and O–H groups in total. The lowest BCUT2D eigenvalue weighted by Gasteiger charge is -2.18. The first-order valence-electron chi connectivity index (χ1n) is 9.70. The van der Waals surface area contributed by atoms with E-state index in [0.717, 1.165) is 0 Å². The molecule has 0 aliphatic carbocycles. The number of ether oxygens (including phenoxy) is 4. The van der Waals surface area contributed by atoms with E-state index in [1.54, 1.807) is 0 Å². The molecule has 0 radical (unpaired) electrons. The van der Waals surface area contributed by atoms with Gasteiger partial charge in [0, 0.05) is 55.2 Å². The average Bonchev–Trinajstić information content (AvgIpc) is 2.71. The zero-order chi connectivity index (χ0) is 26.9. The summed E-state index contributed by atoms with van der Waals surface area (Å²) in [5.41, 5.74) is 0. The van der Waals surface area contributed by atoms with Gasteiger partial charge in [0.15, 0.2) is 12.2 Å². The first-order chi connectivity index (χ1) is 15.5. The van der Waals surface area contributed by atoms with Gasteiger partial charge in [-0.1, -0.05) is 0 Å². The Kier molecular flexibility index (Phi) is 17.8. The highest BCUT2D eigenvalue weighted by molar-refractivity contribution is 7.53. The van der Waals surface area contributed by atoms with Crippen LogP contribution < -0.4 is 0 Å². The monoisotopic (exact) mass is 536 g/mol. The molecule has 0 fully saturated rings. The topological polar surface area (TPSA) is 176 Å². The molecule has 16 heteroatoms. The Morgan fingerprint density at radius 3 is 1.09 bits per heavy atom. The van der Waals surface area contributed by atoms with Crippen molar-refractivity contribution in [3.8, 4) is 0 Å². The minimum atomic E-state index is -3.15. The van der Waals surface area contributed by atoms with Gasteiger partial charge in [-0.15, -0.1) is 0 Å². The minimum absolute atomic E-state index is 0.154. The van der Waals surface area contributed by atoms with Crippen LogP contribution in [0.2, 0.25) is 0 Å². The van der Waals surface area contributed by atoms with E-state index in [0.29, 0.717) is 0 Å². The summed E-state index contributed by atoms with van der Waals surface area (Å²) in [5, 5.41) is 0. The van der Waals surface area contributed by atoms with Crippen LogP contribution in [0.15, 0.2) is 0 Å². The number of hydrogen-bond acceptors (Lipinski definition) is 14. The van der Waals surface area contributed by atoms with Gasteiger partial charge in [0.1, 0.15) is 13.2 Å². The molecular formula is C18H34O14P2. The second-order valence-corrected chi connectivity index (χ2v) is 10.9. The number of rotatable bonds is 14. The summed E-state index contributed by atoms with van der Waals surface area (Å²) in [7, 11) is -3.81. The third-order valence-electron chi connectivity index (χ3n) is 3.26. The lowest BCUT2D eigenvalue weighted by Crippen LogP contribution is -2.28. The first kappa shape index (κ1) is 34.3. The zero-order valence-corrected chi connectivity index (χ0v) is 22.4. The molecule has 0 aromatic heterocycles. The van der Waals surface area contributed by atoms with Gasteiger partial charge in [-0.05, 0) is 0 Å². The van der Waals surface area contributed by atoms with Gasteiger partial charge < -0.3 is 37.0 Å². The fourth-order valence-electron chi connectivity index (χ4n) is 1.66. The van der Waals surface area contributed by atoms with Crippen molar-refractivity contribution < 1.29 is 65.4 Å². The molecule has 34 heavy (non-hydrogen) atoms. The van der Waals surface area contributed by atoms with Crippen molar-refractivity contribution in [2.24, 2.45) is 0 Å². The predicted octanol–water partition coefficient (Wildman–Crippen LogP) is 1.93. The molecule has 0 saturated carbocycles. The highest BCUT2D eigenvalue weighted by atomic mass is 31.2. The number of carbonyl (C=O) groups is 4. The van der Waals surface area contributed by atoms with Crippen LogP contribution in [0.5, 0.6) is 0 Å². The summed E-state index contributed by atoms with van der Waals surface area (Å²) in [6.45, 7) is 6.79. The van der Waals surface area contributed by atoms with Crippen LogP contribution in [0, 0.1) is 0 Å². The molecule has 0 heterocycles. The molecule has 0 aliphatic heterocycles. The van der Waals surface area contributed by atoms with Crippen molar-refractivity contribution in [2.45, 2.75) is 39.9 Å². The minimum Gasteiger partial charge on any atom is -0.462 e. The van der Waals surface area contributed by atoms with Gasteiger partial charge in [-0.3, -0.25) is 28.3 Å². The molecule has 0 aliphatic rings. The van der Waals surface area contributed by atoms with Crippen LogP contribution in [0.3, 0.4) is 0 Å². The standard InChI is InChI=1S/2C9H17O7P/c2*1-7(10)14-5-9(16-8(2)11)6-15-17(4,12)13-3/h2*9H,5-6H2,1-4H3. The van der Waals surface area contributed by atoms with Crippen LogP contribution >= 0.6 is 15.2 Å². The van der Waals surface area contributed by atoms with E-state index >= 15 is 0 Å². The van der Waals surface area contributed by atoms with Crippen LogP contribution in [0.1, 0.15) is 27.7 Å². The third kappa shape index (κ3) is 22.0. The SMILES string of the molecule is COP(C)(=O)OCC(COC(C)=O)OC(C)=O.COP(C)(=O)OCC(COC(C)=O)OC(C)=O. The van der Waals surface area contributed by atoms with E-state index in [1.807, 2.05) is 0 Å². The highest BCUT2D eigenvalue weighted by Gasteiger charge is 2.22. The van der Waals surface area contributed by atoms with E-state index in [2.05, 4.69) is 18.5 Å². The molecule has 200 valence electrons. The molecule has 0 saturated heterocycles. The number of hydrogen-bond donors (Lipinski definition) is 0. The van der Waals surface area contributed by atoms with Crippen molar-refractivity contribution in [3.63, 3.8) is 0 Å². The first-order valence-corrected chi connectivity index (χ1v) is 13.7. The maximum absolute atomic E-state index is 11.4. The van der Waals surface area contributed by atoms with Crippen LogP contribution in [-0.2, 0) is 65.4 Å². The maximum Gasteiger partial charge on any atom is 0.327 e. The van der Waals surface area contributed by atoms with Gasteiger partial charge in [-0.2, -0.15) is 0 Å². The Morgan fingerprint density at radius 1 is 0.588 bits per heavy atom. The van der Waals surface area contributed by atoms with E-state index in [9.17, 15) is 28.3 Å². The quantitative estimate of drug-likeness (QED) is 0.179. The Balaban J connectivity index is 0. The van der Waals surface area contributed by atoms with E-state index in [-0.39, 0.29) is 26.4 Å². The van der Waals surface area contributed by atoms with Crippen molar-refractivity contribution in [1.82, 2.24) is 0 Å². The lowest BCUT2D eigenvalue weighted by molar-refractivity contribution is -0.158. The zero-order valence-electron chi connectivity index (χ0n) is 20.6. The van der Waals surface area contributed by atoms with Crippen LogP contribution in [-0.4, -0.2) is 90.1 Å². The van der Waals surface area contributed by atoms with Crippen molar-refractivity contribution >= 4 is 39.1 Å². The van der Waals surface area contributed by atoms with Crippen LogP contribution in [0.4, 0.5) is 0 Å². The molecule has 0 aromatic carbocycles. The normalized spacial score (nSPS) is 15.8. The molecule has 14 nitrogen and oxygen atoms in total. The summed E-state index contributed by atoms with van der Waals surface area (Å²) in [5.74, 6) is -2.11. The van der Waals surface area contributed by atoms with Crippen LogP contribution in [0.25, 0.3) is 0 Å². The van der Waals surface area contributed by atoms with E-state index in [4.69, 9.17) is 18.5 Å². The highest BCUT2D eigenvalue weighted by Crippen LogP contribution is 2.43.